The van der Waals surface area contributed by atoms with E-state index in [1.165, 1.54) is 0 Å². The van der Waals surface area contributed by atoms with Crippen molar-refractivity contribution in [1.29, 1.82) is 5.26 Å². The van der Waals surface area contributed by atoms with Gasteiger partial charge >= 0.3 is 0 Å². The topological polar surface area (TPSA) is 90.4 Å². The molecule has 8 nitrogen and oxygen atoms in total. The Morgan fingerprint density at radius 3 is 1.64 bits per heavy atom. The van der Waals surface area contributed by atoms with Crippen molar-refractivity contribution in [3.8, 4) is 46.2 Å². The Bertz CT molecular complexity index is 4320. The molecular formula is C58H33N7O. The standard InChI is InChI=1S/C58H33N7O/c59-34-37-32-35(26-29-46(37)64-47-21-9-6-18-41(47)43-28-30-51-54(55(43)64)44-20-7-12-24-50(44)63(51)38-14-2-1-3-15-38)56-60-57(36-27-31-53-45(33-36)42-19-8-13-25-52(42)66-53)62-58(61-56)65-48-22-10-4-16-39(48)40-17-5-11-23-49(40)65/h1-33H. The Morgan fingerprint density at radius 2 is 0.939 bits per heavy atom. The van der Waals surface area contributed by atoms with Crippen molar-refractivity contribution in [2.24, 2.45) is 0 Å². The van der Waals surface area contributed by atoms with E-state index in [0.717, 1.165) is 104 Å². The highest BCUT2D eigenvalue weighted by Crippen LogP contribution is 2.43. The van der Waals surface area contributed by atoms with Crippen molar-refractivity contribution < 1.29 is 4.42 Å². The molecule has 0 saturated carbocycles. The maximum Gasteiger partial charge on any atom is 0.238 e. The van der Waals surface area contributed by atoms with Gasteiger partial charge < -0.3 is 13.6 Å². The summed E-state index contributed by atoms with van der Waals surface area (Å²) in [5.74, 6) is 1.44. The number of hydrogen-bond acceptors (Lipinski definition) is 5. The number of para-hydroxylation sites is 6. The van der Waals surface area contributed by atoms with Crippen molar-refractivity contribution in [3.63, 3.8) is 0 Å². The molecule has 66 heavy (non-hydrogen) atoms. The summed E-state index contributed by atoms with van der Waals surface area (Å²) in [6.45, 7) is 0. The van der Waals surface area contributed by atoms with Crippen molar-refractivity contribution >= 4 is 87.4 Å². The molecule has 0 aliphatic heterocycles. The predicted molar refractivity (Wildman–Crippen MR) is 266 cm³/mol. The van der Waals surface area contributed by atoms with E-state index in [1.807, 2.05) is 66.7 Å². The smallest absolute Gasteiger partial charge is 0.238 e. The number of hydrogen-bond donors (Lipinski definition) is 0. The van der Waals surface area contributed by atoms with E-state index in [1.54, 1.807) is 0 Å². The number of fused-ring (bicyclic) bond motifs is 13. The van der Waals surface area contributed by atoms with Crippen molar-refractivity contribution in [2.75, 3.05) is 0 Å². The molecule has 0 amide bonds. The molecule has 14 aromatic rings. The number of aromatic nitrogens is 6. The van der Waals surface area contributed by atoms with Gasteiger partial charge in [0.2, 0.25) is 5.95 Å². The van der Waals surface area contributed by atoms with Crippen LogP contribution in [0.25, 0.3) is 127 Å². The molecule has 0 radical (unpaired) electrons. The van der Waals surface area contributed by atoms with E-state index >= 15 is 0 Å². The van der Waals surface area contributed by atoms with Gasteiger partial charge in [-0.25, -0.2) is 4.98 Å². The molecule has 0 atom stereocenters. The molecule has 0 N–H and O–H groups in total. The molecule has 8 heteroatoms. The van der Waals surface area contributed by atoms with Gasteiger partial charge in [0, 0.05) is 59.9 Å². The Kier molecular flexibility index (Phi) is 7.59. The van der Waals surface area contributed by atoms with Crippen LogP contribution in [0.2, 0.25) is 0 Å². The third-order valence-electron chi connectivity index (χ3n) is 13.1. The lowest BCUT2D eigenvalue weighted by molar-refractivity contribution is 0.669. The molecule has 0 aliphatic carbocycles. The van der Waals surface area contributed by atoms with Gasteiger partial charge in [-0.05, 0) is 84.9 Å². The monoisotopic (exact) mass is 843 g/mol. The summed E-state index contributed by atoms with van der Waals surface area (Å²) in [6.07, 6.45) is 0. The Morgan fingerprint density at radius 1 is 0.394 bits per heavy atom. The van der Waals surface area contributed by atoms with Crippen LogP contribution < -0.4 is 0 Å². The minimum absolute atomic E-state index is 0.451. The van der Waals surface area contributed by atoms with Gasteiger partial charge in [-0.3, -0.25) is 4.57 Å². The zero-order valence-electron chi connectivity index (χ0n) is 35.1. The second-order valence-corrected chi connectivity index (χ2v) is 16.7. The minimum atomic E-state index is 0.451. The first-order valence-electron chi connectivity index (χ1n) is 21.9. The molecule has 306 valence electrons. The second-order valence-electron chi connectivity index (χ2n) is 16.7. The van der Waals surface area contributed by atoms with Crippen LogP contribution in [0.15, 0.2) is 205 Å². The molecule has 5 heterocycles. The molecule has 0 bridgehead atoms. The lowest BCUT2D eigenvalue weighted by Gasteiger charge is -2.14. The predicted octanol–water partition coefficient (Wildman–Crippen LogP) is 14.3. The lowest BCUT2D eigenvalue weighted by Crippen LogP contribution is -2.07. The average molecular weight is 844 g/mol. The van der Waals surface area contributed by atoms with E-state index < -0.39 is 0 Å². The fourth-order valence-electron chi connectivity index (χ4n) is 10.3. The van der Waals surface area contributed by atoms with E-state index in [0.29, 0.717) is 28.7 Å². The summed E-state index contributed by atoms with van der Waals surface area (Å²) in [7, 11) is 0. The van der Waals surface area contributed by atoms with Crippen LogP contribution in [0, 0.1) is 11.3 Å². The van der Waals surface area contributed by atoms with Crippen LogP contribution in [0.3, 0.4) is 0 Å². The molecule has 0 aliphatic rings. The van der Waals surface area contributed by atoms with E-state index in [-0.39, 0.29) is 0 Å². The van der Waals surface area contributed by atoms with Crippen LogP contribution in [0.4, 0.5) is 0 Å². The molecule has 9 aromatic carbocycles. The van der Waals surface area contributed by atoms with Crippen molar-refractivity contribution in [1.82, 2.24) is 28.7 Å². The second kappa shape index (κ2) is 13.8. The molecule has 0 spiro atoms. The first-order valence-corrected chi connectivity index (χ1v) is 21.9. The van der Waals surface area contributed by atoms with Crippen molar-refractivity contribution in [2.45, 2.75) is 0 Å². The molecule has 0 saturated heterocycles. The number of benzene rings is 9. The molecular weight excluding hydrogens is 811 g/mol. The number of rotatable bonds is 5. The van der Waals surface area contributed by atoms with Crippen molar-refractivity contribution in [3.05, 3.63) is 206 Å². The minimum Gasteiger partial charge on any atom is -0.456 e. The van der Waals surface area contributed by atoms with E-state index in [4.69, 9.17) is 19.4 Å². The number of furan rings is 1. The summed E-state index contributed by atoms with van der Waals surface area (Å²) >= 11 is 0. The Hall–Kier alpha value is -9.32. The normalized spacial score (nSPS) is 11.9. The summed E-state index contributed by atoms with van der Waals surface area (Å²) < 4.78 is 12.9. The van der Waals surface area contributed by atoms with Crippen LogP contribution >= 0.6 is 0 Å². The SMILES string of the molecule is N#Cc1cc(-c2nc(-c3ccc4oc5ccccc5c4c3)nc(-n3c4ccccc4c4ccccc43)n2)ccc1-n1c2ccccc2c2ccc3c(c4ccccc4n3-c3ccccc3)c21. The fourth-order valence-corrected chi connectivity index (χ4v) is 10.3. The first-order chi connectivity index (χ1) is 32.7. The maximum absolute atomic E-state index is 11.2. The summed E-state index contributed by atoms with van der Waals surface area (Å²) in [6, 6.07) is 71.4. The van der Waals surface area contributed by atoms with Crippen LogP contribution in [-0.2, 0) is 0 Å². The largest absolute Gasteiger partial charge is 0.456 e. The maximum atomic E-state index is 11.2. The average Bonchev–Trinajstić information content (AvgIpc) is 4.12. The van der Waals surface area contributed by atoms with E-state index in [2.05, 4.69) is 153 Å². The zero-order chi connectivity index (χ0) is 43.5. The van der Waals surface area contributed by atoms with Gasteiger partial charge in [-0.15, -0.1) is 0 Å². The highest BCUT2D eigenvalue weighted by molar-refractivity contribution is 6.26. The summed E-state index contributed by atoms with van der Waals surface area (Å²) in [4.78, 5) is 15.7. The molecule has 0 unspecified atom stereocenters. The van der Waals surface area contributed by atoms with Gasteiger partial charge in [0.15, 0.2) is 11.6 Å². The molecule has 0 fully saturated rings. The van der Waals surface area contributed by atoms with Gasteiger partial charge in [0.25, 0.3) is 0 Å². The van der Waals surface area contributed by atoms with Crippen LogP contribution in [0.5, 0.6) is 0 Å². The summed E-state index contributed by atoms with van der Waals surface area (Å²) in [5, 5.41) is 19.9. The third kappa shape index (κ3) is 5.16. The lowest BCUT2D eigenvalue weighted by atomic mass is 10.1. The summed E-state index contributed by atoms with van der Waals surface area (Å²) in [5.41, 5.74) is 11.7. The fraction of sp³-hybridized carbons (Fsp3) is 0. The quantitative estimate of drug-likeness (QED) is 0.172. The number of nitriles is 1. The van der Waals surface area contributed by atoms with Gasteiger partial charge in [0.1, 0.15) is 17.2 Å². The molecule has 14 rings (SSSR count). The van der Waals surface area contributed by atoms with Crippen LogP contribution in [-0.4, -0.2) is 28.7 Å². The third-order valence-corrected chi connectivity index (χ3v) is 13.1. The Labute approximate surface area is 376 Å². The highest BCUT2D eigenvalue weighted by atomic mass is 16.3. The number of nitrogens with zero attached hydrogens (tertiary/aromatic N) is 7. The Balaban J connectivity index is 1.02. The first kappa shape index (κ1) is 36.2. The zero-order valence-corrected chi connectivity index (χ0v) is 35.1. The molecule has 5 aromatic heterocycles. The van der Waals surface area contributed by atoms with Gasteiger partial charge in [-0.1, -0.05) is 115 Å². The van der Waals surface area contributed by atoms with Gasteiger partial charge in [0.05, 0.1) is 44.4 Å². The van der Waals surface area contributed by atoms with E-state index in [9.17, 15) is 5.26 Å². The van der Waals surface area contributed by atoms with Crippen LogP contribution in [0.1, 0.15) is 5.56 Å². The van der Waals surface area contributed by atoms with Gasteiger partial charge in [-0.2, -0.15) is 15.2 Å². The highest BCUT2D eigenvalue weighted by Gasteiger charge is 2.24.